The zero-order valence-electron chi connectivity index (χ0n) is 24.6. The smallest absolute Gasteiger partial charge is 0.453 e. The van der Waals surface area contributed by atoms with Crippen molar-refractivity contribution in [2.24, 2.45) is 0 Å². The molecule has 0 bridgehead atoms. The Balaban J connectivity index is 1.38. The summed E-state index contributed by atoms with van der Waals surface area (Å²) in [7, 11) is -1.82. The first-order valence-electron chi connectivity index (χ1n) is 14.6. The molecule has 0 aliphatic rings. The molecule has 0 saturated carbocycles. The molecule has 0 saturated heterocycles. The van der Waals surface area contributed by atoms with Gasteiger partial charge in [0, 0.05) is 23.9 Å². The van der Waals surface area contributed by atoms with Gasteiger partial charge in [0.25, 0.3) is 0 Å². The molecule has 0 aliphatic heterocycles. The molecule has 0 aliphatic carbocycles. The highest BCUT2D eigenvalue weighted by Crippen LogP contribution is 2.39. The van der Waals surface area contributed by atoms with Gasteiger partial charge in [-0.25, -0.2) is 8.42 Å². The van der Waals surface area contributed by atoms with Crippen molar-refractivity contribution in [1.82, 2.24) is 9.47 Å². The number of hydrogen-bond donors (Lipinski definition) is 2. The molecule has 43 heavy (non-hydrogen) atoms. The van der Waals surface area contributed by atoms with E-state index in [0.717, 1.165) is 72.9 Å². The van der Waals surface area contributed by atoms with E-state index in [2.05, 4.69) is 4.57 Å². The maximum absolute atomic E-state index is 13.0. The average Bonchev–Trinajstić information content (AvgIpc) is 3.18. The SMILES string of the molecule is Cc1c(-c2ccc(O)cc2)n(CCCCCCCN(C)CCCS(=O)(=O)CCCC(F)(F)C(F)(F)F)c2ccc(O)cc12. The van der Waals surface area contributed by atoms with Gasteiger partial charge in [-0.1, -0.05) is 19.3 Å². The number of rotatable bonds is 17. The minimum atomic E-state index is -5.67. The Hall–Kier alpha value is -2.86. The van der Waals surface area contributed by atoms with E-state index in [9.17, 15) is 40.6 Å². The molecule has 1 heterocycles. The molecular weight excluding hydrogens is 591 g/mol. The van der Waals surface area contributed by atoms with E-state index in [4.69, 9.17) is 0 Å². The lowest BCUT2D eigenvalue weighted by Crippen LogP contribution is -2.36. The monoisotopic (exact) mass is 632 g/mol. The van der Waals surface area contributed by atoms with Gasteiger partial charge in [-0.3, -0.25) is 0 Å². The van der Waals surface area contributed by atoms with Crippen molar-refractivity contribution < 1.29 is 40.6 Å². The molecule has 0 unspecified atom stereocenters. The summed E-state index contributed by atoms with van der Waals surface area (Å²) in [4.78, 5) is 2.00. The van der Waals surface area contributed by atoms with Gasteiger partial charge in [0.1, 0.15) is 21.3 Å². The van der Waals surface area contributed by atoms with Crippen LogP contribution in [0.1, 0.15) is 56.9 Å². The Morgan fingerprint density at radius 1 is 0.791 bits per heavy atom. The summed E-state index contributed by atoms with van der Waals surface area (Å²) in [5.41, 5.74) is 4.16. The van der Waals surface area contributed by atoms with Crippen LogP contribution in [-0.4, -0.2) is 71.8 Å². The fraction of sp³-hybridized carbons (Fsp3) is 0.548. The summed E-state index contributed by atoms with van der Waals surface area (Å²) >= 11 is 0. The van der Waals surface area contributed by atoms with Crippen LogP contribution in [0.4, 0.5) is 22.0 Å². The van der Waals surface area contributed by atoms with E-state index in [0.29, 0.717) is 13.0 Å². The number of phenolic OH excluding ortho intramolecular Hbond substituents is 2. The van der Waals surface area contributed by atoms with Gasteiger partial charge >= 0.3 is 12.1 Å². The molecule has 1 aromatic heterocycles. The number of fused-ring (bicyclic) bond motifs is 1. The highest BCUT2D eigenvalue weighted by atomic mass is 32.2. The van der Waals surface area contributed by atoms with Crippen molar-refractivity contribution >= 4 is 20.7 Å². The van der Waals surface area contributed by atoms with Crippen LogP contribution in [0.25, 0.3) is 22.2 Å². The zero-order chi connectivity index (χ0) is 31.8. The van der Waals surface area contributed by atoms with E-state index >= 15 is 0 Å². The lowest BCUT2D eigenvalue weighted by molar-refractivity contribution is -0.284. The molecule has 2 aromatic carbocycles. The van der Waals surface area contributed by atoms with Gasteiger partial charge in [-0.2, -0.15) is 22.0 Å². The van der Waals surface area contributed by atoms with Gasteiger partial charge in [0.15, 0.2) is 0 Å². The predicted molar refractivity (Wildman–Crippen MR) is 160 cm³/mol. The van der Waals surface area contributed by atoms with Crippen molar-refractivity contribution in [3.8, 4) is 22.8 Å². The maximum atomic E-state index is 13.0. The van der Waals surface area contributed by atoms with E-state index in [1.165, 1.54) is 0 Å². The molecule has 3 rings (SSSR count). The molecule has 3 aromatic rings. The summed E-state index contributed by atoms with van der Waals surface area (Å²) in [5, 5.41) is 20.7. The molecule has 0 spiro atoms. The zero-order valence-corrected chi connectivity index (χ0v) is 25.5. The fourth-order valence-electron chi connectivity index (χ4n) is 5.34. The van der Waals surface area contributed by atoms with Crippen LogP contribution in [0.3, 0.4) is 0 Å². The number of unbranched alkanes of at least 4 members (excludes halogenated alkanes) is 4. The van der Waals surface area contributed by atoms with E-state index in [1.807, 2.05) is 37.1 Å². The summed E-state index contributed by atoms with van der Waals surface area (Å²) < 4.78 is 89.0. The number of sulfone groups is 1. The standard InChI is InChI=1S/C31H41F5N2O4S/c1-23-27-22-26(40)14-15-28(27)38(29(23)24-10-12-25(39)13-11-24)19-7-5-3-4-6-17-37(2)18-9-21-43(41,42)20-8-16-30(32,33)31(34,35)36/h10-15,22,39-40H,3-9,16-21H2,1-2H3. The summed E-state index contributed by atoms with van der Waals surface area (Å²) in [5.74, 6) is -5.39. The average molecular weight is 633 g/mol. The summed E-state index contributed by atoms with van der Waals surface area (Å²) in [6.45, 7) is 4.10. The minimum absolute atomic E-state index is 0.199. The van der Waals surface area contributed by atoms with Crippen LogP contribution < -0.4 is 0 Å². The van der Waals surface area contributed by atoms with Crippen molar-refractivity contribution in [2.45, 2.75) is 76.9 Å². The van der Waals surface area contributed by atoms with Crippen LogP contribution in [0.2, 0.25) is 0 Å². The van der Waals surface area contributed by atoms with Gasteiger partial charge in [0.05, 0.1) is 17.2 Å². The van der Waals surface area contributed by atoms with Crippen LogP contribution in [0, 0.1) is 6.92 Å². The number of aromatic hydroxyl groups is 2. The maximum Gasteiger partial charge on any atom is 0.453 e. The normalized spacial score (nSPS) is 12.9. The van der Waals surface area contributed by atoms with Crippen molar-refractivity contribution in [2.75, 3.05) is 31.6 Å². The second kappa shape index (κ2) is 14.7. The lowest BCUT2D eigenvalue weighted by Gasteiger charge is -2.19. The van der Waals surface area contributed by atoms with E-state index in [1.54, 1.807) is 24.3 Å². The number of phenols is 2. The Morgan fingerprint density at radius 3 is 2.05 bits per heavy atom. The number of nitrogens with zero attached hydrogens (tertiary/aromatic N) is 2. The predicted octanol–water partition coefficient (Wildman–Crippen LogP) is 7.69. The third kappa shape index (κ3) is 9.82. The second-order valence-corrected chi connectivity index (χ2v) is 13.6. The van der Waals surface area contributed by atoms with Crippen LogP contribution in [0.5, 0.6) is 11.5 Å². The highest BCUT2D eigenvalue weighted by Gasteiger charge is 2.56. The fourth-order valence-corrected chi connectivity index (χ4v) is 6.70. The molecule has 0 amide bonds. The molecule has 0 fully saturated rings. The van der Waals surface area contributed by atoms with Gasteiger partial charge in [-0.15, -0.1) is 0 Å². The van der Waals surface area contributed by atoms with Gasteiger partial charge in [0.2, 0.25) is 0 Å². The summed E-state index contributed by atoms with van der Waals surface area (Å²) in [6, 6.07) is 12.5. The minimum Gasteiger partial charge on any atom is -0.508 e. The number of alkyl halides is 5. The number of aryl methyl sites for hydroxylation is 2. The highest BCUT2D eigenvalue weighted by molar-refractivity contribution is 7.91. The first-order chi connectivity index (χ1) is 20.1. The molecule has 12 heteroatoms. The largest absolute Gasteiger partial charge is 0.508 e. The summed E-state index contributed by atoms with van der Waals surface area (Å²) in [6.07, 6.45) is -2.70. The number of aromatic nitrogens is 1. The second-order valence-electron chi connectivity index (χ2n) is 11.3. The molecule has 240 valence electrons. The van der Waals surface area contributed by atoms with Crippen LogP contribution in [0.15, 0.2) is 42.5 Å². The number of hydrogen-bond acceptors (Lipinski definition) is 5. The molecule has 6 nitrogen and oxygen atoms in total. The molecule has 0 atom stereocenters. The molecular formula is C31H41F5N2O4S. The third-order valence-corrected chi connectivity index (χ3v) is 9.54. The topological polar surface area (TPSA) is 82.8 Å². The third-order valence-electron chi connectivity index (χ3n) is 7.72. The number of halogens is 5. The number of benzene rings is 2. The Labute approximate surface area is 250 Å². The van der Waals surface area contributed by atoms with Crippen molar-refractivity contribution in [3.63, 3.8) is 0 Å². The van der Waals surface area contributed by atoms with E-state index in [-0.39, 0.29) is 17.3 Å². The first kappa shape index (κ1) is 34.6. The van der Waals surface area contributed by atoms with Gasteiger partial charge in [-0.05, 0) is 106 Å². The van der Waals surface area contributed by atoms with Crippen molar-refractivity contribution in [3.05, 3.63) is 48.0 Å². The van der Waals surface area contributed by atoms with Crippen molar-refractivity contribution in [1.29, 1.82) is 0 Å². The Bertz CT molecular complexity index is 1440. The quantitative estimate of drug-likeness (QED) is 0.118. The molecule has 2 N–H and O–H groups in total. The van der Waals surface area contributed by atoms with Crippen LogP contribution >= 0.6 is 0 Å². The lowest BCUT2D eigenvalue weighted by atomic mass is 10.1. The Kier molecular flexibility index (Phi) is 11.9. The first-order valence-corrected chi connectivity index (χ1v) is 16.4. The van der Waals surface area contributed by atoms with Gasteiger partial charge < -0.3 is 19.7 Å². The molecule has 0 radical (unpaired) electrons. The van der Waals surface area contributed by atoms with Crippen LogP contribution in [-0.2, 0) is 16.4 Å². The Morgan fingerprint density at radius 2 is 1.37 bits per heavy atom. The van der Waals surface area contributed by atoms with E-state index < -0.39 is 40.5 Å².